The summed E-state index contributed by atoms with van der Waals surface area (Å²) in [7, 11) is -4.76. The van der Waals surface area contributed by atoms with Gasteiger partial charge in [0.15, 0.2) is 0 Å². The van der Waals surface area contributed by atoms with Crippen LogP contribution in [0.5, 0.6) is 0 Å². The third-order valence-corrected chi connectivity index (χ3v) is 3.82. The lowest BCUT2D eigenvalue weighted by Gasteiger charge is -2.15. The van der Waals surface area contributed by atoms with Crippen LogP contribution in [0.1, 0.15) is 84.0 Å². The number of amides is 1. The molecule has 0 saturated carbocycles. The number of rotatable bonds is 14. The summed E-state index contributed by atoms with van der Waals surface area (Å²) in [6.07, 6.45) is 13.0. The van der Waals surface area contributed by atoms with E-state index >= 15 is 0 Å². The van der Waals surface area contributed by atoms with Crippen LogP contribution >= 0.6 is 7.82 Å². The molecular formula is C14H31N2O5P. The van der Waals surface area contributed by atoms with Crippen molar-refractivity contribution in [2.24, 2.45) is 5.84 Å². The molecule has 0 atom stereocenters. The fraction of sp³-hybridized carbons (Fsp3) is 0.929. The largest absolute Gasteiger partial charge is 0.492 e. The molecule has 0 aliphatic rings. The van der Waals surface area contributed by atoms with Crippen LogP contribution in [-0.4, -0.2) is 20.9 Å². The van der Waals surface area contributed by atoms with Gasteiger partial charge >= 0.3 is 7.82 Å². The van der Waals surface area contributed by atoms with Crippen molar-refractivity contribution in [3.63, 3.8) is 0 Å². The molecule has 8 heteroatoms. The number of hydrogen-bond donors (Lipinski definition) is 3. The second-order valence-corrected chi connectivity index (χ2v) is 6.72. The molecule has 132 valence electrons. The Labute approximate surface area is 133 Å². The first-order valence-corrected chi connectivity index (χ1v) is 9.72. The molecule has 7 nitrogen and oxygen atoms in total. The van der Waals surface area contributed by atoms with E-state index in [4.69, 9.17) is 15.6 Å². The molecule has 0 heterocycles. The van der Waals surface area contributed by atoms with Gasteiger partial charge in [0.2, 0.25) is 0 Å². The van der Waals surface area contributed by atoms with Crippen LogP contribution in [0.3, 0.4) is 0 Å². The average molecular weight is 338 g/mol. The fourth-order valence-electron chi connectivity index (χ4n) is 2.21. The second kappa shape index (κ2) is 13.0. The zero-order chi connectivity index (χ0) is 16.8. The molecule has 0 aliphatic carbocycles. The molecule has 0 spiro atoms. The molecule has 1 amide bonds. The van der Waals surface area contributed by atoms with Gasteiger partial charge < -0.3 is 9.79 Å². The predicted molar refractivity (Wildman–Crippen MR) is 85.2 cm³/mol. The van der Waals surface area contributed by atoms with Gasteiger partial charge in [0, 0.05) is 6.42 Å². The molecule has 0 aromatic heterocycles. The van der Waals surface area contributed by atoms with Gasteiger partial charge in [0.05, 0.1) is 0 Å². The molecule has 0 rings (SSSR count). The van der Waals surface area contributed by atoms with Crippen LogP contribution in [0.4, 0.5) is 0 Å². The number of phosphoric acid groups is 1. The fourth-order valence-corrected chi connectivity index (χ4v) is 2.53. The van der Waals surface area contributed by atoms with Gasteiger partial charge in [-0.2, -0.15) is 0 Å². The van der Waals surface area contributed by atoms with Crippen molar-refractivity contribution in [2.45, 2.75) is 84.0 Å². The van der Waals surface area contributed by atoms with Crippen molar-refractivity contribution in [1.82, 2.24) is 5.17 Å². The summed E-state index contributed by atoms with van der Waals surface area (Å²) in [4.78, 5) is 28.4. The first-order chi connectivity index (χ1) is 10.4. The number of nitrogens with two attached hydrogens (primary N) is 1. The molecule has 0 aliphatic heterocycles. The molecule has 0 bridgehead atoms. The van der Waals surface area contributed by atoms with E-state index in [1.165, 1.54) is 44.9 Å². The van der Waals surface area contributed by atoms with Crippen molar-refractivity contribution in [1.29, 1.82) is 0 Å². The van der Waals surface area contributed by atoms with Gasteiger partial charge in [-0.3, -0.25) is 4.79 Å². The van der Waals surface area contributed by atoms with Crippen molar-refractivity contribution >= 4 is 13.7 Å². The maximum atomic E-state index is 11.4. The van der Waals surface area contributed by atoms with Crippen LogP contribution in [0, 0.1) is 0 Å². The SMILES string of the molecule is CCCCCCCCCCCCCC(=O)N(N)OP(=O)(O)O. The van der Waals surface area contributed by atoms with E-state index in [0.29, 0.717) is 6.42 Å². The Bertz CT molecular complexity index is 335. The Hall–Kier alpha value is -0.460. The van der Waals surface area contributed by atoms with Gasteiger partial charge in [0.1, 0.15) is 0 Å². The number of hydroxylamine groups is 1. The average Bonchev–Trinajstić information content (AvgIpc) is 2.42. The molecule has 0 saturated heterocycles. The van der Waals surface area contributed by atoms with E-state index in [-0.39, 0.29) is 11.6 Å². The maximum Gasteiger partial charge on any atom is 0.492 e. The summed E-state index contributed by atoms with van der Waals surface area (Å²) in [5, 5.41) is 0.136. The quantitative estimate of drug-likeness (QED) is 0.147. The monoisotopic (exact) mass is 338 g/mol. The molecule has 0 aromatic carbocycles. The van der Waals surface area contributed by atoms with E-state index in [1.54, 1.807) is 0 Å². The minimum atomic E-state index is -4.76. The highest BCUT2D eigenvalue weighted by atomic mass is 31.2. The van der Waals surface area contributed by atoms with Gasteiger partial charge in [-0.1, -0.05) is 71.1 Å². The van der Waals surface area contributed by atoms with E-state index in [1.807, 2.05) is 0 Å². The van der Waals surface area contributed by atoms with Gasteiger partial charge in [-0.25, -0.2) is 10.4 Å². The molecule has 22 heavy (non-hydrogen) atoms. The maximum absolute atomic E-state index is 11.4. The summed E-state index contributed by atoms with van der Waals surface area (Å²) < 4.78 is 14.5. The normalized spacial score (nSPS) is 11.6. The summed E-state index contributed by atoms with van der Waals surface area (Å²) >= 11 is 0. The van der Waals surface area contributed by atoms with Crippen LogP contribution in [-0.2, 0) is 14.0 Å². The number of nitrogens with zero attached hydrogens (tertiary/aromatic N) is 1. The van der Waals surface area contributed by atoms with Crippen molar-refractivity contribution in [3.05, 3.63) is 0 Å². The van der Waals surface area contributed by atoms with Crippen LogP contribution < -0.4 is 5.84 Å². The van der Waals surface area contributed by atoms with Crippen LogP contribution in [0.25, 0.3) is 0 Å². The van der Waals surface area contributed by atoms with Crippen LogP contribution in [0.2, 0.25) is 0 Å². The highest BCUT2D eigenvalue weighted by Gasteiger charge is 2.22. The number of unbranched alkanes of at least 4 members (excludes halogenated alkanes) is 10. The second-order valence-electron chi connectivity index (χ2n) is 5.58. The standard InChI is InChI=1S/C14H31N2O5P/c1-2-3-4-5-6-7-8-9-10-11-12-13-14(17)16(15)21-22(18,19)20/h2-13,15H2,1H3,(H2,18,19,20). The first-order valence-electron chi connectivity index (χ1n) is 8.19. The number of carbonyl (C=O) groups excluding carboxylic acids is 1. The zero-order valence-electron chi connectivity index (χ0n) is 13.6. The Morgan fingerprint density at radius 1 is 0.955 bits per heavy atom. The molecule has 0 radical (unpaired) electrons. The van der Waals surface area contributed by atoms with Crippen LogP contribution in [0.15, 0.2) is 0 Å². The summed E-state index contributed by atoms with van der Waals surface area (Å²) in [6, 6.07) is 0. The number of hydrazine groups is 1. The topological polar surface area (TPSA) is 113 Å². The van der Waals surface area contributed by atoms with Crippen molar-refractivity contribution in [3.8, 4) is 0 Å². The van der Waals surface area contributed by atoms with Crippen molar-refractivity contribution in [2.75, 3.05) is 0 Å². The Kier molecular flexibility index (Phi) is 12.8. The zero-order valence-corrected chi connectivity index (χ0v) is 14.5. The number of carbonyl (C=O) groups is 1. The van der Waals surface area contributed by atoms with Gasteiger partial charge in [0.25, 0.3) is 5.91 Å². The molecule has 0 unspecified atom stereocenters. The first kappa shape index (κ1) is 21.5. The summed E-state index contributed by atoms with van der Waals surface area (Å²) in [5.74, 6) is 4.48. The van der Waals surface area contributed by atoms with E-state index in [2.05, 4.69) is 11.5 Å². The van der Waals surface area contributed by atoms with E-state index in [9.17, 15) is 9.36 Å². The highest BCUT2D eigenvalue weighted by Crippen LogP contribution is 2.36. The third-order valence-electron chi connectivity index (χ3n) is 3.43. The third kappa shape index (κ3) is 14.5. The van der Waals surface area contributed by atoms with Gasteiger partial charge in [-0.05, 0) is 6.42 Å². The Balaban J connectivity index is 3.39. The van der Waals surface area contributed by atoms with E-state index < -0.39 is 13.7 Å². The number of hydrogen-bond acceptors (Lipinski definition) is 4. The lowest BCUT2D eigenvalue weighted by molar-refractivity contribution is -0.162. The molecule has 4 N–H and O–H groups in total. The summed E-state index contributed by atoms with van der Waals surface area (Å²) in [5.41, 5.74) is 0. The predicted octanol–water partition coefficient (Wildman–Crippen LogP) is 3.41. The minimum Gasteiger partial charge on any atom is -0.301 e. The Morgan fingerprint density at radius 3 is 1.77 bits per heavy atom. The lowest BCUT2D eigenvalue weighted by Crippen LogP contribution is -2.36. The van der Waals surface area contributed by atoms with E-state index in [0.717, 1.165) is 19.3 Å². The highest BCUT2D eigenvalue weighted by molar-refractivity contribution is 7.46. The molecule has 0 fully saturated rings. The minimum absolute atomic E-state index is 0.132. The Morgan fingerprint density at radius 2 is 1.36 bits per heavy atom. The smallest absolute Gasteiger partial charge is 0.301 e. The summed E-state index contributed by atoms with van der Waals surface area (Å²) in [6.45, 7) is 2.22. The van der Waals surface area contributed by atoms with Crippen molar-refractivity contribution < 1.29 is 23.8 Å². The molecule has 0 aromatic rings. The lowest BCUT2D eigenvalue weighted by atomic mass is 10.1. The van der Waals surface area contributed by atoms with Gasteiger partial charge in [-0.15, -0.1) is 9.80 Å². The molecular weight excluding hydrogens is 307 g/mol.